The van der Waals surface area contributed by atoms with Gasteiger partial charge < -0.3 is 5.11 Å². The first-order valence-electron chi connectivity index (χ1n) is 6.77. The Morgan fingerprint density at radius 1 is 1.13 bits per heavy atom. The van der Waals surface area contributed by atoms with Crippen LogP contribution in [0.25, 0.3) is 0 Å². The van der Waals surface area contributed by atoms with Gasteiger partial charge >= 0.3 is 0 Å². The second-order valence-electron chi connectivity index (χ2n) is 4.84. The molecule has 0 saturated carbocycles. The number of halogens is 1. The molecule has 0 amide bonds. The Morgan fingerprint density at radius 3 is 2.43 bits per heavy atom. The molecule has 0 saturated heterocycles. The quantitative estimate of drug-likeness (QED) is 0.801. The number of phenols is 1. The van der Waals surface area contributed by atoms with Crippen LogP contribution in [0.1, 0.15) is 11.1 Å². The summed E-state index contributed by atoms with van der Waals surface area (Å²) in [6.45, 7) is 0.334. The van der Waals surface area contributed by atoms with Crippen LogP contribution >= 0.6 is 0 Å². The van der Waals surface area contributed by atoms with Gasteiger partial charge in [-0.15, -0.1) is 10.2 Å². The number of nitriles is 1. The Kier molecular flexibility index (Phi) is 3.89. The van der Waals surface area contributed by atoms with Gasteiger partial charge in [-0.3, -0.25) is 5.01 Å². The van der Waals surface area contributed by atoms with Crippen LogP contribution in [0.2, 0.25) is 0 Å². The average molecular weight is 309 g/mol. The van der Waals surface area contributed by atoms with Crippen LogP contribution in [0, 0.1) is 17.1 Å². The minimum absolute atomic E-state index is 0.334. The van der Waals surface area contributed by atoms with E-state index in [4.69, 9.17) is 5.26 Å². The molecule has 0 atom stereocenters. The van der Waals surface area contributed by atoms with Crippen molar-refractivity contribution >= 4 is 5.69 Å². The van der Waals surface area contributed by atoms with Crippen molar-refractivity contribution in [2.45, 2.75) is 6.54 Å². The summed E-state index contributed by atoms with van der Waals surface area (Å²) < 4.78 is 15.2. The smallest absolute Gasteiger partial charge is 0.165 e. The Balaban J connectivity index is 1.95. The summed E-state index contributed by atoms with van der Waals surface area (Å²) >= 11 is 0. The molecule has 1 N–H and O–H groups in total. The summed E-state index contributed by atoms with van der Waals surface area (Å²) in [5.74, 6) is -1.06. The lowest BCUT2D eigenvalue weighted by molar-refractivity contribution is 0.431. The van der Waals surface area contributed by atoms with Crippen LogP contribution < -0.4 is 5.01 Å². The first kappa shape index (κ1) is 14.5. The van der Waals surface area contributed by atoms with Crippen molar-refractivity contribution in [3.05, 3.63) is 72.1 Å². The van der Waals surface area contributed by atoms with Crippen molar-refractivity contribution in [1.29, 1.82) is 5.26 Å². The van der Waals surface area contributed by atoms with Crippen LogP contribution in [0.15, 0.2) is 55.1 Å². The number of rotatable bonds is 4. The fraction of sp³-hybridized carbons (Fsp3) is 0.0625. The minimum Gasteiger partial charge on any atom is -0.505 e. The number of aromatic hydroxyl groups is 1. The van der Waals surface area contributed by atoms with Crippen LogP contribution in [-0.4, -0.2) is 20.0 Å². The number of anilines is 1. The van der Waals surface area contributed by atoms with Gasteiger partial charge in [-0.25, -0.2) is 9.07 Å². The summed E-state index contributed by atoms with van der Waals surface area (Å²) in [6, 6.07) is 13.3. The van der Waals surface area contributed by atoms with Gasteiger partial charge in [0.2, 0.25) is 0 Å². The van der Waals surface area contributed by atoms with Crippen molar-refractivity contribution < 1.29 is 9.50 Å². The van der Waals surface area contributed by atoms with Crippen molar-refractivity contribution in [1.82, 2.24) is 14.9 Å². The van der Waals surface area contributed by atoms with E-state index in [0.717, 1.165) is 5.69 Å². The van der Waals surface area contributed by atoms with Crippen LogP contribution in [-0.2, 0) is 6.54 Å². The fourth-order valence-electron chi connectivity index (χ4n) is 2.16. The monoisotopic (exact) mass is 309 g/mol. The summed E-state index contributed by atoms with van der Waals surface area (Å²) in [6.07, 6.45) is 3.05. The summed E-state index contributed by atoms with van der Waals surface area (Å²) in [5.41, 5.74) is 2.00. The van der Waals surface area contributed by atoms with E-state index >= 15 is 0 Å². The molecule has 0 spiro atoms. The normalized spacial score (nSPS) is 10.3. The fourth-order valence-corrected chi connectivity index (χ4v) is 2.16. The number of aromatic nitrogens is 3. The molecule has 3 aromatic rings. The van der Waals surface area contributed by atoms with E-state index in [-0.39, 0.29) is 5.75 Å². The molecule has 1 heterocycles. The van der Waals surface area contributed by atoms with Crippen LogP contribution in [0.5, 0.6) is 5.75 Å². The average Bonchev–Trinajstić information content (AvgIpc) is 3.10. The molecule has 1 aromatic heterocycles. The standard InChI is InChI=1S/C16H12FN5O/c17-15-7-13(3-6-16(15)23)9-22(21-10-19-20-11-21)14-4-1-12(8-18)2-5-14/h1-7,10-11,23H,9H2. The van der Waals surface area contributed by atoms with Gasteiger partial charge in [0.1, 0.15) is 12.7 Å². The molecule has 0 aliphatic heterocycles. The van der Waals surface area contributed by atoms with E-state index in [9.17, 15) is 9.50 Å². The van der Waals surface area contributed by atoms with Gasteiger partial charge in [0.05, 0.1) is 23.9 Å². The molecule has 0 bridgehead atoms. The SMILES string of the molecule is N#Cc1ccc(N(Cc2ccc(O)c(F)c2)n2cnnc2)cc1. The van der Waals surface area contributed by atoms with Crippen molar-refractivity contribution in [3.63, 3.8) is 0 Å². The maximum atomic E-state index is 13.5. The van der Waals surface area contributed by atoms with Crippen molar-refractivity contribution in [3.8, 4) is 11.8 Å². The largest absolute Gasteiger partial charge is 0.505 e. The number of hydrogen-bond acceptors (Lipinski definition) is 5. The zero-order valence-electron chi connectivity index (χ0n) is 12.0. The minimum atomic E-state index is -0.675. The zero-order chi connectivity index (χ0) is 16.2. The molecule has 2 aromatic carbocycles. The third-order valence-corrected chi connectivity index (χ3v) is 3.32. The first-order valence-corrected chi connectivity index (χ1v) is 6.77. The van der Waals surface area contributed by atoms with Gasteiger partial charge in [-0.05, 0) is 42.0 Å². The number of hydrogen-bond donors (Lipinski definition) is 1. The Bertz CT molecular complexity index is 840. The van der Waals surface area contributed by atoms with E-state index in [1.54, 1.807) is 35.0 Å². The molecule has 114 valence electrons. The van der Waals surface area contributed by atoms with E-state index in [1.165, 1.54) is 24.8 Å². The molecule has 23 heavy (non-hydrogen) atoms. The Hall–Kier alpha value is -3.40. The number of nitrogens with zero attached hydrogens (tertiary/aromatic N) is 5. The zero-order valence-corrected chi connectivity index (χ0v) is 12.0. The highest BCUT2D eigenvalue weighted by atomic mass is 19.1. The van der Waals surface area contributed by atoms with Crippen LogP contribution in [0.4, 0.5) is 10.1 Å². The summed E-state index contributed by atoms with van der Waals surface area (Å²) in [7, 11) is 0. The molecule has 0 fully saturated rings. The lowest BCUT2D eigenvalue weighted by atomic mass is 10.2. The Labute approximate surface area is 131 Å². The van der Waals surface area contributed by atoms with Gasteiger partial charge in [-0.2, -0.15) is 5.26 Å². The highest BCUT2D eigenvalue weighted by molar-refractivity contribution is 5.50. The lowest BCUT2D eigenvalue weighted by Gasteiger charge is -2.25. The van der Waals surface area contributed by atoms with Crippen LogP contribution in [0.3, 0.4) is 0 Å². The molecule has 0 unspecified atom stereocenters. The highest BCUT2D eigenvalue weighted by Gasteiger charge is 2.11. The predicted molar refractivity (Wildman–Crippen MR) is 80.8 cm³/mol. The van der Waals surface area contributed by atoms with Gasteiger partial charge in [-0.1, -0.05) is 6.07 Å². The second-order valence-corrected chi connectivity index (χ2v) is 4.84. The van der Waals surface area contributed by atoms with Crippen molar-refractivity contribution in [2.75, 3.05) is 5.01 Å². The van der Waals surface area contributed by atoms with E-state index < -0.39 is 5.82 Å². The second kappa shape index (κ2) is 6.15. The maximum absolute atomic E-state index is 13.5. The van der Waals surface area contributed by atoms with E-state index in [0.29, 0.717) is 17.7 Å². The summed E-state index contributed by atoms with van der Waals surface area (Å²) in [4.78, 5) is 0. The summed E-state index contributed by atoms with van der Waals surface area (Å²) in [5, 5.41) is 27.6. The molecule has 3 rings (SSSR count). The first-order chi connectivity index (χ1) is 11.2. The van der Waals surface area contributed by atoms with Gasteiger partial charge in [0.15, 0.2) is 11.6 Å². The third-order valence-electron chi connectivity index (χ3n) is 3.32. The van der Waals surface area contributed by atoms with Crippen molar-refractivity contribution in [2.24, 2.45) is 0 Å². The highest BCUT2D eigenvalue weighted by Crippen LogP contribution is 2.21. The number of benzene rings is 2. The van der Waals surface area contributed by atoms with Gasteiger partial charge in [0.25, 0.3) is 0 Å². The molecule has 0 aliphatic carbocycles. The number of phenolic OH excluding ortho intramolecular Hbond substituents is 1. The topological polar surface area (TPSA) is 78.0 Å². The third kappa shape index (κ3) is 3.11. The molecular weight excluding hydrogens is 297 g/mol. The van der Waals surface area contributed by atoms with E-state index in [2.05, 4.69) is 16.3 Å². The van der Waals surface area contributed by atoms with E-state index in [1.807, 2.05) is 5.01 Å². The lowest BCUT2D eigenvalue weighted by Crippen LogP contribution is -2.27. The molecule has 0 aliphatic rings. The predicted octanol–water partition coefficient (Wildman–Crippen LogP) is 2.46. The Morgan fingerprint density at radius 2 is 1.83 bits per heavy atom. The molecule has 0 radical (unpaired) electrons. The maximum Gasteiger partial charge on any atom is 0.165 e. The van der Waals surface area contributed by atoms with Gasteiger partial charge in [0, 0.05) is 0 Å². The molecular formula is C16H12FN5O. The molecule has 7 heteroatoms. The molecule has 6 nitrogen and oxygen atoms in total.